The van der Waals surface area contributed by atoms with Crippen LogP contribution >= 0.6 is 11.6 Å². The Hall–Kier alpha value is -1.76. The van der Waals surface area contributed by atoms with Crippen LogP contribution in [0.3, 0.4) is 0 Å². The monoisotopic (exact) mass is 225 g/mol. The zero-order valence-corrected chi connectivity index (χ0v) is 8.60. The first-order valence-electron chi connectivity index (χ1n) is 4.24. The number of H-pyrrole nitrogens is 1. The molecule has 0 aliphatic heterocycles. The maximum absolute atomic E-state index is 5.64. The fraction of sp³-hybridized carbons (Fsp3) is 0.286. The van der Waals surface area contributed by atoms with Crippen molar-refractivity contribution < 1.29 is 0 Å². The van der Waals surface area contributed by atoms with E-state index in [0.29, 0.717) is 11.6 Å². The average molecular weight is 226 g/mol. The van der Waals surface area contributed by atoms with Gasteiger partial charge in [0, 0.05) is 6.20 Å². The van der Waals surface area contributed by atoms with Crippen LogP contribution in [0.5, 0.6) is 0 Å². The van der Waals surface area contributed by atoms with Gasteiger partial charge in [0.25, 0.3) is 0 Å². The van der Waals surface area contributed by atoms with Gasteiger partial charge in [-0.15, -0.1) is 10.2 Å². The van der Waals surface area contributed by atoms with Gasteiger partial charge in [-0.3, -0.25) is 0 Å². The quantitative estimate of drug-likeness (QED) is 0.752. The van der Waals surface area contributed by atoms with E-state index < -0.39 is 0 Å². The van der Waals surface area contributed by atoms with Gasteiger partial charge in [0.15, 0.2) is 5.82 Å². The van der Waals surface area contributed by atoms with Crippen LogP contribution in [0.2, 0.25) is 5.28 Å². The van der Waals surface area contributed by atoms with Crippen molar-refractivity contribution in [1.82, 2.24) is 30.6 Å². The maximum atomic E-state index is 5.64. The fourth-order valence-electron chi connectivity index (χ4n) is 1.05. The Bertz CT molecular complexity index is 429. The first kappa shape index (κ1) is 9.78. The molecule has 78 valence electrons. The van der Waals surface area contributed by atoms with Crippen LogP contribution in [-0.2, 0) is 0 Å². The van der Waals surface area contributed by atoms with E-state index in [1.54, 1.807) is 12.3 Å². The van der Waals surface area contributed by atoms with Gasteiger partial charge in [-0.25, -0.2) is 9.97 Å². The van der Waals surface area contributed by atoms with Gasteiger partial charge in [0.05, 0.1) is 6.04 Å². The molecule has 2 aromatic rings. The molecule has 0 bridgehead atoms. The highest BCUT2D eigenvalue weighted by Crippen LogP contribution is 2.13. The van der Waals surface area contributed by atoms with Crippen LogP contribution in [0.25, 0.3) is 0 Å². The summed E-state index contributed by atoms with van der Waals surface area (Å²) in [4.78, 5) is 7.75. The molecule has 2 heterocycles. The predicted octanol–water partition coefficient (Wildman–Crippen LogP) is 0.816. The summed E-state index contributed by atoms with van der Waals surface area (Å²) in [6, 6.07) is 1.61. The van der Waals surface area contributed by atoms with Gasteiger partial charge in [0.1, 0.15) is 5.82 Å². The summed E-state index contributed by atoms with van der Waals surface area (Å²) in [6.45, 7) is 1.89. The summed E-state index contributed by atoms with van der Waals surface area (Å²) in [5.41, 5.74) is 0. The Morgan fingerprint density at radius 1 is 1.53 bits per heavy atom. The molecule has 8 heteroatoms. The zero-order valence-electron chi connectivity index (χ0n) is 7.85. The van der Waals surface area contributed by atoms with E-state index in [-0.39, 0.29) is 11.3 Å². The van der Waals surface area contributed by atoms with Crippen molar-refractivity contribution in [2.45, 2.75) is 13.0 Å². The topological polar surface area (TPSA) is 92.3 Å². The summed E-state index contributed by atoms with van der Waals surface area (Å²) < 4.78 is 0. The van der Waals surface area contributed by atoms with Crippen LogP contribution < -0.4 is 5.32 Å². The minimum Gasteiger partial charge on any atom is -0.360 e. The number of nitrogens with zero attached hydrogens (tertiary/aromatic N) is 5. The molecule has 2 rings (SSSR count). The van der Waals surface area contributed by atoms with Gasteiger partial charge >= 0.3 is 0 Å². The standard InChI is InChI=1S/C7H8ClN7/c1-4(6-12-14-15-13-6)10-5-2-3-9-7(8)11-5/h2-4H,1H3,(H,9,10,11)(H,12,13,14,15). The SMILES string of the molecule is CC(Nc1ccnc(Cl)n1)c1nn[nH]n1. The Labute approximate surface area is 90.3 Å². The minimum atomic E-state index is -0.102. The van der Waals surface area contributed by atoms with Gasteiger partial charge in [-0.1, -0.05) is 5.21 Å². The molecule has 7 nitrogen and oxygen atoms in total. The van der Waals surface area contributed by atoms with Crippen molar-refractivity contribution in [3.8, 4) is 0 Å². The van der Waals surface area contributed by atoms with Crippen molar-refractivity contribution in [3.05, 3.63) is 23.4 Å². The van der Waals surface area contributed by atoms with Gasteiger partial charge in [-0.05, 0) is 24.6 Å². The average Bonchev–Trinajstić information content (AvgIpc) is 2.70. The second-order valence-electron chi connectivity index (χ2n) is 2.85. The molecule has 0 radical (unpaired) electrons. The van der Waals surface area contributed by atoms with E-state index in [0.717, 1.165) is 0 Å². The van der Waals surface area contributed by atoms with Crippen LogP contribution in [0, 0.1) is 0 Å². The van der Waals surface area contributed by atoms with E-state index in [2.05, 4.69) is 35.9 Å². The molecule has 0 saturated carbocycles. The van der Waals surface area contributed by atoms with Crippen molar-refractivity contribution in [2.24, 2.45) is 0 Å². The van der Waals surface area contributed by atoms with E-state index in [4.69, 9.17) is 11.6 Å². The van der Waals surface area contributed by atoms with Crippen molar-refractivity contribution in [2.75, 3.05) is 5.32 Å². The van der Waals surface area contributed by atoms with Crippen LogP contribution in [-0.4, -0.2) is 30.6 Å². The Morgan fingerprint density at radius 3 is 3.07 bits per heavy atom. The predicted molar refractivity (Wildman–Crippen MR) is 53.3 cm³/mol. The Kier molecular flexibility index (Phi) is 2.72. The lowest BCUT2D eigenvalue weighted by atomic mass is 10.3. The third kappa shape index (κ3) is 2.38. The molecule has 0 aromatic carbocycles. The number of hydrogen-bond donors (Lipinski definition) is 2. The summed E-state index contributed by atoms with van der Waals surface area (Å²) in [7, 11) is 0. The molecular formula is C7H8ClN7. The second kappa shape index (κ2) is 4.18. The minimum absolute atomic E-state index is 0.102. The van der Waals surface area contributed by atoms with Crippen LogP contribution in [0.4, 0.5) is 5.82 Å². The largest absolute Gasteiger partial charge is 0.360 e. The molecular weight excluding hydrogens is 218 g/mol. The lowest BCUT2D eigenvalue weighted by Crippen LogP contribution is -2.09. The lowest BCUT2D eigenvalue weighted by Gasteiger charge is -2.09. The molecule has 2 aromatic heterocycles. The van der Waals surface area contributed by atoms with E-state index in [1.807, 2.05) is 6.92 Å². The third-order valence-corrected chi connectivity index (χ3v) is 1.92. The highest BCUT2D eigenvalue weighted by atomic mass is 35.5. The molecule has 0 amide bonds. The highest BCUT2D eigenvalue weighted by molar-refractivity contribution is 6.28. The molecule has 0 saturated heterocycles. The molecule has 0 aliphatic carbocycles. The van der Waals surface area contributed by atoms with E-state index >= 15 is 0 Å². The number of nitrogens with one attached hydrogen (secondary N) is 2. The number of tetrazole rings is 1. The van der Waals surface area contributed by atoms with Crippen LogP contribution in [0.15, 0.2) is 12.3 Å². The maximum Gasteiger partial charge on any atom is 0.224 e. The number of hydrogen-bond acceptors (Lipinski definition) is 6. The normalized spacial score (nSPS) is 12.4. The number of halogens is 1. The first-order chi connectivity index (χ1) is 7.25. The number of aromatic amines is 1. The smallest absolute Gasteiger partial charge is 0.224 e. The number of aromatic nitrogens is 6. The summed E-state index contributed by atoms with van der Waals surface area (Å²) >= 11 is 5.64. The summed E-state index contributed by atoms with van der Waals surface area (Å²) in [6.07, 6.45) is 1.57. The van der Waals surface area contributed by atoms with Crippen molar-refractivity contribution in [3.63, 3.8) is 0 Å². The lowest BCUT2D eigenvalue weighted by molar-refractivity contribution is 0.787. The number of rotatable bonds is 3. The van der Waals surface area contributed by atoms with Crippen molar-refractivity contribution >= 4 is 17.4 Å². The third-order valence-electron chi connectivity index (χ3n) is 1.74. The van der Waals surface area contributed by atoms with Gasteiger partial charge in [0.2, 0.25) is 5.28 Å². The van der Waals surface area contributed by atoms with Gasteiger partial charge in [-0.2, -0.15) is 5.21 Å². The molecule has 0 fully saturated rings. The molecule has 15 heavy (non-hydrogen) atoms. The fourth-order valence-corrected chi connectivity index (χ4v) is 1.20. The zero-order chi connectivity index (χ0) is 10.7. The first-order valence-corrected chi connectivity index (χ1v) is 4.62. The molecule has 2 N–H and O–H groups in total. The van der Waals surface area contributed by atoms with Crippen LogP contribution in [0.1, 0.15) is 18.8 Å². The highest BCUT2D eigenvalue weighted by Gasteiger charge is 2.10. The van der Waals surface area contributed by atoms with E-state index in [1.165, 1.54) is 0 Å². The van der Waals surface area contributed by atoms with E-state index in [9.17, 15) is 0 Å². The van der Waals surface area contributed by atoms with Gasteiger partial charge < -0.3 is 5.32 Å². The summed E-state index contributed by atoms with van der Waals surface area (Å²) in [5.74, 6) is 1.18. The summed E-state index contributed by atoms with van der Waals surface area (Å²) in [5, 5.41) is 16.8. The second-order valence-corrected chi connectivity index (χ2v) is 3.19. The Balaban J connectivity index is 2.09. The molecule has 1 atom stereocenters. The molecule has 0 spiro atoms. The molecule has 0 aliphatic rings. The number of anilines is 1. The van der Waals surface area contributed by atoms with Crippen molar-refractivity contribution in [1.29, 1.82) is 0 Å². The molecule has 1 unspecified atom stereocenters. The Morgan fingerprint density at radius 2 is 2.40 bits per heavy atom.